The number of aliphatic hydroxyl groups is 1. The van der Waals surface area contributed by atoms with Crippen LogP contribution in [-0.2, 0) is 6.42 Å². The molecule has 1 aromatic carbocycles. The van der Waals surface area contributed by atoms with Gasteiger partial charge in [0.15, 0.2) is 0 Å². The lowest BCUT2D eigenvalue weighted by Gasteiger charge is -2.14. The molecule has 0 aliphatic heterocycles. The molecule has 0 aliphatic rings. The van der Waals surface area contributed by atoms with Crippen LogP contribution in [0.25, 0.3) is 0 Å². The molecule has 1 aromatic heterocycles. The van der Waals surface area contributed by atoms with Crippen LogP contribution < -0.4 is 11.1 Å². The van der Waals surface area contributed by atoms with Crippen LogP contribution in [0.2, 0.25) is 0 Å². The highest BCUT2D eigenvalue weighted by Crippen LogP contribution is 2.16. The third kappa shape index (κ3) is 4.78. The average molecular weight is 342 g/mol. The number of aromatic nitrogens is 1. The summed E-state index contributed by atoms with van der Waals surface area (Å²) >= 11 is 1.42. The van der Waals surface area contributed by atoms with Crippen LogP contribution >= 0.6 is 23.7 Å². The summed E-state index contributed by atoms with van der Waals surface area (Å²) in [6.45, 7) is 2.61. The summed E-state index contributed by atoms with van der Waals surface area (Å²) in [6.07, 6.45) is -0.0543. The number of nitrogens with one attached hydrogen (secondary N) is 1. The minimum atomic E-state index is -0.725. The van der Waals surface area contributed by atoms with Crippen molar-refractivity contribution < 1.29 is 9.90 Å². The smallest absolute Gasteiger partial charge is 0.270 e. The number of nitrogens with zero attached hydrogens (tertiary/aromatic N) is 1. The van der Waals surface area contributed by atoms with Crippen molar-refractivity contribution in [3.05, 3.63) is 51.5 Å². The second kappa shape index (κ2) is 8.85. The Bertz CT molecular complexity index is 618. The molecular weight excluding hydrogens is 322 g/mol. The van der Waals surface area contributed by atoms with E-state index in [2.05, 4.69) is 10.3 Å². The number of aryl methyl sites for hydroxylation is 1. The fourth-order valence-electron chi connectivity index (χ4n) is 2.00. The number of amides is 1. The Morgan fingerprint density at radius 3 is 2.86 bits per heavy atom. The van der Waals surface area contributed by atoms with E-state index in [9.17, 15) is 9.90 Å². The van der Waals surface area contributed by atoms with Crippen molar-refractivity contribution in [1.29, 1.82) is 0 Å². The van der Waals surface area contributed by atoms with Gasteiger partial charge in [0.25, 0.3) is 5.91 Å². The normalized spacial score (nSPS) is 11.6. The third-order valence-corrected chi connectivity index (χ3v) is 4.05. The Hall–Kier alpha value is -1.47. The van der Waals surface area contributed by atoms with Gasteiger partial charge in [-0.15, -0.1) is 23.7 Å². The summed E-state index contributed by atoms with van der Waals surface area (Å²) in [5, 5.41) is 15.4. The van der Waals surface area contributed by atoms with Gasteiger partial charge in [0, 0.05) is 18.3 Å². The number of hydrogen-bond donors (Lipinski definition) is 3. The number of nitrogens with two attached hydrogens (primary N) is 1. The second-order valence-corrected chi connectivity index (χ2v) is 5.69. The predicted octanol–water partition coefficient (Wildman–Crippen LogP) is 1.84. The largest absolute Gasteiger partial charge is 0.387 e. The predicted molar refractivity (Wildman–Crippen MR) is 90.6 cm³/mol. The van der Waals surface area contributed by atoms with Crippen LogP contribution in [-0.4, -0.2) is 29.1 Å². The summed E-state index contributed by atoms with van der Waals surface area (Å²) < 4.78 is 0. The summed E-state index contributed by atoms with van der Waals surface area (Å²) in [7, 11) is 0. The molecule has 1 unspecified atom stereocenters. The van der Waals surface area contributed by atoms with Crippen LogP contribution in [0.4, 0.5) is 0 Å². The molecule has 4 N–H and O–H groups in total. The first-order valence-corrected chi connectivity index (χ1v) is 7.66. The first-order chi connectivity index (χ1) is 10.1. The highest BCUT2D eigenvalue weighted by molar-refractivity contribution is 7.09. The molecule has 1 amide bonds. The minimum absolute atomic E-state index is 0. The Morgan fingerprint density at radius 1 is 1.45 bits per heavy atom. The Kier molecular flexibility index (Phi) is 7.47. The van der Waals surface area contributed by atoms with Gasteiger partial charge in [-0.3, -0.25) is 4.79 Å². The van der Waals surface area contributed by atoms with Gasteiger partial charge in [-0.2, -0.15) is 0 Å². The van der Waals surface area contributed by atoms with Gasteiger partial charge in [0.1, 0.15) is 5.69 Å². The highest BCUT2D eigenvalue weighted by atomic mass is 35.5. The number of rotatable bonds is 6. The van der Waals surface area contributed by atoms with Gasteiger partial charge in [0.2, 0.25) is 0 Å². The first-order valence-electron chi connectivity index (χ1n) is 6.78. The van der Waals surface area contributed by atoms with Crippen molar-refractivity contribution >= 4 is 29.7 Å². The summed E-state index contributed by atoms with van der Waals surface area (Å²) in [5.41, 5.74) is 7.65. The van der Waals surface area contributed by atoms with Crippen LogP contribution in [0.15, 0.2) is 29.6 Å². The number of carbonyl (C=O) groups excluding carboxylic acids is 1. The molecule has 0 aliphatic carbocycles. The third-order valence-electron chi connectivity index (χ3n) is 3.15. The van der Waals surface area contributed by atoms with Gasteiger partial charge >= 0.3 is 0 Å². The zero-order valence-electron chi connectivity index (χ0n) is 12.3. The maximum absolute atomic E-state index is 12.0. The van der Waals surface area contributed by atoms with Crippen LogP contribution in [0, 0.1) is 6.92 Å². The molecule has 2 rings (SSSR count). The molecule has 1 heterocycles. The number of halogens is 1. The molecule has 0 radical (unpaired) electrons. The molecule has 0 bridgehead atoms. The molecule has 0 fully saturated rings. The molecule has 120 valence electrons. The van der Waals surface area contributed by atoms with Gasteiger partial charge in [0.05, 0.1) is 11.1 Å². The highest BCUT2D eigenvalue weighted by Gasteiger charge is 2.14. The lowest BCUT2D eigenvalue weighted by Crippen LogP contribution is -2.28. The zero-order chi connectivity index (χ0) is 15.2. The van der Waals surface area contributed by atoms with E-state index in [4.69, 9.17) is 5.73 Å². The fraction of sp³-hybridized carbons (Fsp3) is 0.333. The molecule has 0 saturated heterocycles. The minimum Gasteiger partial charge on any atom is -0.387 e. The monoisotopic (exact) mass is 341 g/mol. The summed E-state index contributed by atoms with van der Waals surface area (Å²) in [5.74, 6) is -0.276. The lowest BCUT2D eigenvalue weighted by atomic mass is 10.0. The molecule has 7 heteroatoms. The molecule has 5 nitrogen and oxygen atoms in total. The first kappa shape index (κ1) is 18.6. The molecular formula is C15H20ClN3O2S. The quantitative estimate of drug-likeness (QED) is 0.748. The van der Waals surface area contributed by atoms with Crippen molar-refractivity contribution in [1.82, 2.24) is 10.3 Å². The van der Waals surface area contributed by atoms with Crippen molar-refractivity contribution in [2.24, 2.45) is 5.73 Å². The number of carbonyl (C=O) groups is 1. The molecule has 2 aromatic rings. The van der Waals surface area contributed by atoms with Crippen LogP contribution in [0.3, 0.4) is 0 Å². The van der Waals surface area contributed by atoms with E-state index in [1.807, 2.05) is 31.2 Å². The topological polar surface area (TPSA) is 88.2 Å². The van der Waals surface area contributed by atoms with E-state index in [0.717, 1.165) is 16.1 Å². The van der Waals surface area contributed by atoms with E-state index in [0.29, 0.717) is 18.7 Å². The van der Waals surface area contributed by atoms with Crippen LogP contribution in [0.1, 0.15) is 32.7 Å². The number of aliphatic hydroxyl groups excluding tert-OH is 1. The molecule has 0 spiro atoms. The van der Waals surface area contributed by atoms with Crippen molar-refractivity contribution in [2.45, 2.75) is 19.4 Å². The maximum atomic E-state index is 12.0. The molecule has 1 atom stereocenters. The maximum Gasteiger partial charge on any atom is 0.270 e. The number of benzene rings is 1. The van der Waals surface area contributed by atoms with E-state index >= 15 is 0 Å². The van der Waals surface area contributed by atoms with Crippen molar-refractivity contribution in [3.63, 3.8) is 0 Å². The summed E-state index contributed by atoms with van der Waals surface area (Å²) in [6, 6.07) is 7.57. The lowest BCUT2D eigenvalue weighted by molar-refractivity contribution is 0.0911. The van der Waals surface area contributed by atoms with E-state index in [-0.39, 0.29) is 24.9 Å². The SMILES string of the molecule is Cc1ccccc1C(O)CNC(=O)c1csc(CCN)n1.Cl. The standard InChI is InChI=1S/C15H19N3O2S.ClH/c1-10-4-2-3-5-11(10)13(19)8-17-15(20)12-9-21-14(18-12)6-7-16;/h2-5,9,13,19H,6-8,16H2,1H3,(H,17,20);1H. The Balaban J connectivity index is 0.00000242. The van der Waals surface area contributed by atoms with Crippen LogP contribution in [0.5, 0.6) is 0 Å². The van der Waals surface area contributed by atoms with Gasteiger partial charge < -0.3 is 16.2 Å². The second-order valence-electron chi connectivity index (χ2n) is 4.75. The number of hydrogen-bond acceptors (Lipinski definition) is 5. The average Bonchev–Trinajstić information content (AvgIpc) is 2.94. The van der Waals surface area contributed by atoms with Crippen molar-refractivity contribution in [3.8, 4) is 0 Å². The van der Waals surface area contributed by atoms with Gasteiger partial charge in [-0.1, -0.05) is 24.3 Å². The van der Waals surface area contributed by atoms with E-state index in [1.54, 1.807) is 5.38 Å². The molecule has 0 saturated carbocycles. The number of thiazole rings is 1. The van der Waals surface area contributed by atoms with E-state index < -0.39 is 6.10 Å². The fourth-order valence-corrected chi connectivity index (χ4v) is 2.80. The Labute approximate surface area is 140 Å². The Morgan fingerprint density at radius 2 is 2.18 bits per heavy atom. The van der Waals surface area contributed by atoms with Gasteiger partial charge in [-0.05, 0) is 24.6 Å². The summed E-state index contributed by atoms with van der Waals surface area (Å²) in [4.78, 5) is 16.2. The van der Waals surface area contributed by atoms with E-state index in [1.165, 1.54) is 11.3 Å². The zero-order valence-corrected chi connectivity index (χ0v) is 13.9. The van der Waals surface area contributed by atoms with Gasteiger partial charge in [-0.25, -0.2) is 4.98 Å². The van der Waals surface area contributed by atoms with Crippen molar-refractivity contribution in [2.75, 3.05) is 13.1 Å². The molecule has 22 heavy (non-hydrogen) atoms.